The summed E-state index contributed by atoms with van der Waals surface area (Å²) >= 11 is 0. The van der Waals surface area contributed by atoms with Gasteiger partial charge in [-0.1, -0.05) is 24.3 Å². The number of hydrogen-bond acceptors (Lipinski definition) is 5. The number of allylic oxidation sites excluding steroid dienone is 2. The Hall–Kier alpha value is -3.74. The predicted molar refractivity (Wildman–Crippen MR) is 117 cm³/mol. The number of para-hydroxylation sites is 1. The zero-order chi connectivity index (χ0) is 21.5. The van der Waals surface area contributed by atoms with E-state index in [0.29, 0.717) is 34.9 Å². The first-order chi connectivity index (χ1) is 15.1. The summed E-state index contributed by atoms with van der Waals surface area (Å²) in [7, 11) is 3.15. The van der Waals surface area contributed by atoms with E-state index in [4.69, 9.17) is 9.47 Å². The highest BCUT2D eigenvalue weighted by Gasteiger charge is 2.39. The molecule has 1 aromatic heterocycles. The normalized spacial score (nSPS) is 17.6. The fourth-order valence-electron chi connectivity index (χ4n) is 4.56. The van der Waals surface area contributed by atoms with Crippen LogP contribution >= 0.6 is 0 Å². The van der Waals surface area contributed by atoms with Crippen molar-refractivity contribution >= 4 is 11.6 Å². The fraction of sp³-hybridized carbons (Fsp3) is 0.250. The molecule has 31 heavy (non-hydrogen) atoms. The van der Waals surface area contributed by atoms with E-state index in [1.165, 1.54) is 4.68 Å². The lowest BCUT2D eigenvalue weighted by atomic mass is 9.77. The van der Waals surface area contributed by atoms with Gasteiger partial charge in [0.25, 0.3) is 5.56 Å². The molecule has 0 saturated carbocycles. The number of hydrogen-bond donors (Lipinski definition) is 2. The van der Waals surface area contributed by atoms with Crippen molar-refractivity contribution in [1.29, 1.82) is 0 Å². The summed E-state index contributed by atoms with van der Waals surface area (Å²) in [6.07, 6.45) is 2.04. The summed E-state index contributed by atoms with van der Waals surface area (Å²) in [5.74, 6) is 1.38. The number of aromatic amines is 1. The van der Waals surface area contributed by atoms with Crippen LogP contribution in [0.2, 0.25) is 0 Å². The van der Waals surface area contributed by atoms with Crippen LogP contribution < -0.4 is 20.3 Å². The first-order valence-electron chi connectivity index (χ1n) is 10.3. The van der Waals surface area contributed by atoms with Crippen LogP contribution in [0.5, 0.6) is 11.5 Å². The minimum atomic E-state index is -0.479. The van der Waals surface area contributed by atoms with Crippen LogP contribution in [0.4, 0.5) is 5.82 Å². The second kappa shape index (κ2) is 7.50. The van der Waals surface area contributed by atoms with Gasteiger partial charge < -0.3 is 14.8 Å². The highest BCUT2D eigenvalue weighted by atomic mass is 16.5. The number of rotatable bonds is 4. The summed E-state index contributed by atoms with van der Waals surface area (Å²) < 4.78 is 12.4. The number of carbonyl (C=O) groups excluding carboxylic acids is 1. The van der Waals surface area contributed by atoms with Gasteiger partial charge in [0.15, 0.2) is 17.3 Å². The largest absolute Gasteiger partial charge is 0.493 e. The molecule has 1 atom stereocenters. The maximum Gasteiger partial charge on any atom is 0.277 e. The van der Waals surface area contributed by atoms with Gasteiger partial charge in [-0.3, -0.25) is 14.7 Å². The first-order valence-corrected chi connectivity index (χ1v) is 10.3. The Balaban J connectivity index is 1.74. The molecule has 2 aliphatic rings. The molecular formula is C24H23N3O4. The van der Waals surface area contributed by atoms with Crippen LogP contribution in [0.25, 0.3) is 5.69 Å². The summed E-state index contributed by atoms with van der Waals surface area (Å²) in [4.78, 5) is 26.6. The number of aromatic nitrogens is 2. The number of anilines is 1. The van der Waals surface area contributed by atoms with Gasteiger partial charge >= 0.3 is 0 Å². The van der Waals surface area contributed by atoms with Crippen LogP contribution in [0.3, 0.4) is 0 Å². The second-order valence-corrected chi connectivity index (χ2v) is 7.72. The zero-order valence-electron chi connectivity index (χ0n) is 17.4. The Kier molecular flexibility index (Phi) is 4.66. The van der Waals surface area contributed by atoms with E-state index in [1.807, 2.05) is 48.5 Å². The highest BCUT2D eigenvalue weighted by Crippen LogP contribution is 2.45. The number of methoxy groups -OCH3 is 2. The van der Waals surface area contributed by atoms with E-state index < -0.39 is 5.92 Å². The minimum Gasteiger partial charge on any atom is -0.493 e. The van der Waals surface area contributed by atoms with Crippen molar-refractivity contribution in [2.45, 2.75) is 25.2 Å². The fourth-order valence-corrected chi connectivity index (χ4v) is 4.56. The lowest BCUT2D eigenvalue weighted by Crippen LogP contribution is -2.29. The molecule has 1 unspecified atom stereocenters. The molecule has 0 amide bonds. The van der Waals surface area contributed by atoms with Crippen LogP contribution in [0, 0.1) is 0 Å². The Bertz CT molecular complexity index is 1250. The number of fused-ring (bicyclic) bond motifs is 1. The summed E-state index contributed by atoms with van der Waals surface area (Å²) in [5, 5.41) is 6.55. The predicted octanol–water partition coefficient (Wildman–Crippen LogP) is 3.75. The van der Waals surface area contributed by atoms with E-state index in [2.05, 4.69) is 10.4 Å². The van der Waals surface area contributed by atoms with Crippen molar-refractivity contribution in [3.8, 4) is 17.2 Å². The Labute approximate surface area is 179 Å². The summed E-state index contributed by atoms with van der Waals surface area (Å²) in [6, 6.07) is 15.0. The van der Waals surface area contributed by atoms with Crippen LogP contribution in [0.15, 0.2) is 64.6 Å². The second-order valence-electron chi connectivity index (χ2n) is 7.72. The molecular weight excluding hydrogens is 394 g/mol. The molecule has 0 radical (unpaired) electrons. The van der Waals surface area contributed by atoms with E-state index in [1.54, 1.807) is 14.2 Å². The van der Waals surface area contributed by atoms with E-state index in [9.17, 15) is 9.59 Å². The van der Waals surface area contributed by atoms with Crippen molar-refractivity contribution < 1.29 is 14.3 Å². The number of ketones is 1. The van der Waals surface area contributed by atoms with Crippen LogP contribution in [-0.2, 0) is 4.79 Å². The first kappa shape index (κ1) is 19.2. The molecule has 7 nitrogen and oxygen atoms in total. The van der Waals surface area contributed by atoms with Crippen molar-refractivity contribution in [1.82, 2.24) is 9.78 Å². The Morgan fingerprint density at radius 3 is 2.48 bits per heavy atom. The van der Waals surface area contributed by atoms with Crippen molar-refractivity contribution in [2.24, 2.45) is 0 Å². The van der Waals surface area contributed by atoms with Crippen molar-refractivity contribution in [3.63, 3.8) is 0 Å². The smallest absolute Gasteiger partial charge is 0.277 e. The number of carbonyl (C=O) groups is 1. The number of H-pyrrole nitrogens is 1. The monoisotopic (exact) mass is 417 g/mol. The van der Waals surface area contributed by atoms with Gasteiger partial charge in [0.1, 0.15) is 5.82 Å². The zero-order valence-corrected chi connectivity index (χ0v) is 17.4. The number of benzene rings is 2. The third kappa shape index (κ3) is 3.04. The van der Waals surface area contributed by atoms with E-state index in [0.717, 1.165) is 29.8 Å². The van der Waals surface area contributed by atoms with Gasteiger partial charge in [0.05, 0.1) is 25.5 Å². The Morgan fingerprint density at radius 1 is 0.968 bits per heavy atom. The molecule has 3 aromatic rings. The topological polar surface area (TPSA) is 85.4 Å². The van der Waals surface area contributed by atoms with Gasteiger partial charge in [-0.25, -0.2) is 4.68 Å². The van der Waals surface area contributed by atoms with Crippen molar-refractivity contribution in [2.75, 3.05) is 19.5 Å². The minimum absolute atomic E-state index is 0.0750. The molecule has 5 rings (SSSR count). The van der Waals surface area contributed by atoms with Crippen molar-refractivity contribution in [3.05, 3.63) is 81.3 Å². The molecule has 1 aliphatic heterocycles. The average molecular weight is 417 g/mol. The maximum atomic E-state index is 13.6. The third-order valence-corrected chi connectivity index (χ3v) is 5.99. The highest BCUT2D eigenvalue weighted by molar-refractivity contribution is 6.01. The van der Waals surface area contributed by atoms with Crippen LogP contribution in [-0.4, -0.2) is 29.8 Å². The van der Waals surface area contributed by atoms with E-state index in [-0.39, 0.29) is 11.3 Å². The number of nitrogens with zero attached hydrogens (tertiary/aromatic N) is 1. The molecule has 0 fully saturated rings. The quantitative estimate of drug-likeness (QED) is 0.675. The molecule has 0 bridgehead atoms. The molecule has 1 aliphatic carbocycles. The van der Waals surface area contributed by atoms with Gasteiger partial charge in [-0.15, -0.1) is 0 Å². The lowest BCUT2D eigenvalue weighted by Gasteiger charge is -2.31. The summed E-state index contributed by atoms with van der Waals surface area (Å²) in [5.41, 5.74) is 3.45. The molecule has 2 heterocycles. The van der Waals surface area contributed by atoms with Gasteiger partial charge in [-0.2, -0.15) is 0 Å². The molecule has 158 valence electrons. The maximum absolute atomic E-state index is 13.6. The molecule has 7 heteroatoms. The number of nitrogens with one attached hydrogen (secondary N) is 2. The van der Waals surface area contributed by atoms with Gasteiger partial charge in [-0.05, 0) is 42.7 Å². The molecule has 2 aromatic carbocycles. The molecule has 0 saturated heterocycles. The molecule has 0 spiro atoms. The average Bonchev–Trinajstić information content (AvgIpc) is 3.14. The van der Waals surface area contributed by atoms with Gasteiger partial charge in [0.2, 0.25) is 0 Å². The number of ether oxygens (including phenoxy) is 2. The SMILES string of the molecule is COc1ccc(C2C3=C(CCCC3=O)Nc3[nH]n(-c4ccccc4)c(=O)c32)cc1OC. The van der Waals surface area contributed by atoms with Crippen LogP contribution in [0.1, 0.15) is 36.3 Å². The Morgan fingerprint density at radius 2 is 1.74 bits per heavy atom. The van der Waals surface area contributed by atoms with E-state index >= 15 is 0 Å². The summed E-state index contributed by atoms with van der Waals surface area (Å²) in [6.45, 7) is 0. The van der Waals surface area contributed by atoms with Gasteiger partial charge in [0, 0.05) is 23.6 Å². The third-order valence-electron chi connectivity index (χ3n) is 5.99. The standard InChI is InChI=1S/C24H23N3O4/c1-30-18-12-11-14(13-19(18)31-2)20-21-16(9-6-10-17(21)28)25-23-22(20)24(29)27(26-23)15-7-4-3-5-8-15/h3-5,7-8,11-13,20,25-26H,6,9-10H2,1-2H3. The molecule has 2 N–H and O–H groups in total. The lowest BCUT2D eigenvalue weighted by molar-refractivity contribution is -0.116. The number of Topliss-reactive ketones (excluding diaryl/α,β-unsaturated/α-hetero) is 1.